The van der Waals surface area contributed by atoms with E-state index in [2.05, 4.69) is 31.9 Å². The normalized spacial score (nSPS) is 10.9. The van der Waals surface area contributed by atoms with E-state index in [1.165, 1.54) is 43.5 Å². The molecule has 0 spiro atoms. The number of methoxy groups -OCH3 is 1. The molecule has 3 rings (SSSR count). The minimum Gasteiger partial charge on any atom is -0.490 e. The standard InChI is InChI=1S/C25H21BrF3N3O4S/c1-35-11-12-36-21-10-7-17(26)14-20(21)23(34)32-24(37)31-18-8-5-15(6-9-18)22(33)30-19-4-2-3-16(13-19)25(27,28)29/h2-10,13-14H,11-12H2,1H3,(H,30,33)(H2,31,32,34,37). The molecule has 0 bridgehead atoms. The smallest absolute Gasteiger partial charge is 0.416 e. The van der Waals surface area contributed by atoms with Crippen LogP contribution in [0.4, 0.5) is 24.5 Å². The highest BCUT2D eigenvalue weighted by Crippen LogP contribution is 2.30. The van der Waals surface area contributed by atoms with Gasteiger partial charge in [0, 0.05) is 28.5 Å². The minimum atomic E-state index is -4.52. The number of hydrogen-bond donors (Lipinski definition) is 3. The molecule has 194 valence electrons. The molecule has 37 heavy (non-hydrogen) atoms. The van der Waals surface area contributed by atoms with Crippen LogP contribution < -0.4 is 20.7 Å². The number of alkyl halides is 3. The van der Waals surface area contributed by atoms with Crippen molar-refractivity contribution in [3.8, 4) is 5.75 Å². The van der Waals surface area contributed by atoms with Crippen LogP contribution in [0, 0.1) is 0 Å². The predicted octanol–water partition coefficient (Wildman–Crippen LogP) is 5.87. The SMILES string of the molecule is COCCOc1ccc(Br)cc1C(=O)NC(=S)Nc1ccc(C(=O)Nc2cccc(C(F)(F)F)c2)cc1. The Balaban J connectivity index is 1.60. The van der Waals surface area contributed by atoms with E-state index in [1.54, 1.807) is 18.2 Å². The Labute approximate surface area is 224 Å². The molecule has 0 saturated carbocycles. The topological polar surface area (TPSA) is 88.7 Å². The number of hydrogen-bond acceptors (Lipinski definition) is 5. The number of benzene rings is 3. The maximum Gasteiger partial charge on any atom is 0.416 e. The van der Waals surface area contributed by atoms with Crippen molar-refractivity contribution in [2.45, 2.75) is 6.18 Å². The average Bonchev–Trinajstić information content (AvgIpc) is 2.85. The minimum absolute atomic E-state index is 0.00832. The fourth-order valence-corrected chi connectivity index (χ4v) is 3.63. The second kappa shape index (κ2) is 12.7. The van der Waals surface area contributed by atoms with Crippen molar-refractivity contribution in [1.82, 2.24) is 5.32 Å². The number of nitrogens with one attached hydrogen (secondary N) is 3. The van der Waals surface area contributed by atoms with E-state index in [1.807, 2.05) is 0 Å². The van der Waals surface area contributed by atoms with Crippen molar-refractivity contribution < 1.29 is 32.2 Å². The van der Waals surface area contributed by atoms with Crippen molar-refractivity contribution in [3.05, 3.63) is 87.9 Å². The zero-order valence-corrected chi connectivity index (χ0v) is 21.7. The molecule has 0 aliphatic carbocycles. The van der Waals surface area contributed by atoms with Gasteiger partial charge in [0.2, 0.25) is 0 Å². The number of rotatable bonds is 8. The Hall–Kier alpha value is -3.48. The van der Waals surface area contributed by atoms with Crippen molar-refractivity contribution in [3.63, 3.8) is 0 Å². The van der Waals surface area contributed by atoms with Gasteiger partial charge in [-0.1, -0.05) is 22.0 Å². The summed E-state index contributed by atoms with van der Waals surface area (Å²) < 4.78 is 49.9. The van der Waals surface area contributed by atoms with Crippen LogP contribution in [0.15, 0.2) is 71.2 Å². The molecule has 3 N–H and O–H groups in total. The molecule has 12 heteroatoms. The first-order valence-corrected chi connectivity index (χ1v) is 11.9. The zero-order chi connectivity index (χ0) is 27.0. The van der Waals surface area contributed by atoms with Crippen LogP contribution in [0.2, 0.25) is 0 Å². The van der Waals surface area contributed by atoms with Crippen LogP contribution in [0.25, 0.3) is 0 Å². The number of carbonyl (C=O) groups is 2. The molecular formula is C25H21BrF3N3O4S. The zero-order valence-electron chi connectivity index (χ0n) is 19.3. The van der Waals surface area contributed by atoms with Crippen LogP contribution in [0.1, 0.15) is 26.3 Å². The molecule has 3 aromatic rings. The van der Waals surface area contributed by atoms with Gasteiger partial charge in [0.1, 0.15) is 12.4 Å². The molecule has 0 aromatic heterocycles. The molecule has 0 fully saturated rings. The first-order chi connectivity index (χ1) is 17.6. The molecule has 3 aromatic carbocycles. The third-order valence-electron chi connectivity index (χ3n) is 4.81. The number of anilines is 2. The quantitative estimate of drug-likeness (QED) is 0.223. The van der Waals surface area contributed by atoms with Gasteiger partial charge >= 0.3 is 6.18 Å². The average molecular weight is 596 g/mol. The molecule has 0 atom stereocenters. The summed E-state index contributed by atoms with van der Waals surface area (Å²) in [5.41, 5.74) is 0.105. The Bertz CT molecular complexity index is 1290. The predicted molar refractivity (Wildman–Crippen MR) is 141 cm³/mol. The van der Waals surface area contributed by atoms with E-state index in [0.717, 1.165) is 12.1 Å². The van der Waals surface area contributed by atoms with Crippen LogP contribution in [0.3, 0.4) is 0 Å². The van der Waals surface area contributed by atoms with Gasteiger partial charge < -0.3 is 20.1 Å². The van der Waals surface area contributed by atoms with E-state index >= 15 is 0 Å². The summed E-state index contributed by atoms with van der Waals surface area (Å²) in [4.78, 5) is 25.2. The van der Waals surface area contributed by atoms with Crippen LogP contribution in [0.5, 0.6) is 5.75 Å². The van der Waals surface area contributed by atoms with Crippen molar-refractivity contribution in [2.75, 3.05) is 31.0 Å². The van der Waals surface area contributed by atoms with Gasteiger partial charge in [0.25, 0.3) is 11.8 Å². The number of halogens is 4. The maximum atomic E-state index is 12.9. The summed E-state index contributed by atoms with van der Waals surface area (Å²) in [5.74, 6) is -0.725. The first kappa shape index (κ1) is 28.1. The van der Waals surface area contributed by atoms with Crippen molar-refractivity contribution >= 4 is 56.4 Å². The summed E-state index contributed by atoms with van der Waals surface area (Å²) in [6.45, 7) is 0.611. The van der Waals surface area contributed by atoms with Gasteiger partial charge in [-0.25, -0.2) is 0 Å². The van der Waals surface area contributed by atoms with Crippen LogP contribution in [-0.2, 0) is 10.9 Å². The fourth-order valence-electron chi connectivity index (χ4n) is 3.05. The third-order valence-corrected chi connectivity index (χ3v) is 5.51. The molecule has 0 unspecified atom stereocenters. The van der Waals surface area contributed by atoms with E-state index < -0.39 is 23.6 Å². The lowest BCUT2D eigenvalue weighted by molar-refractivity contribution is -0.137. The summed E-state index contributed by atoms with van der Waals surface area (Å²) >= 11 is 8.55. The van der Waals surface area contributed by atoms with Crippen LogP contribution in [-0.4, -0.2) is 37.3 Å². The number of thiocarbonyl (C=S) groups is 1. The monoisotopic (exact) mass is 595 g/mol. The molecule has 2 amide bonds. The largest absolute Gasteiger partial charge is 0.490 e. The highest BCUT2D eigenvalue weighted by Gasteiger charge is 2.30. The Morgan fingerprint density at radius 2 is 1.65 bits per heavy atom. The molecule has 0 aliphatic heterocycles. The molecule has 0 aliphatic rings. The number of amides is 2. The maximum absolute atomic E-state index is 12.9. The summed E-state index contributed by atoms with van der Waals surface area (Å²) in [6, 6.07) is 15.3. The van der Waals surface area contributed by atoms with Gasteiger partial charge in [-0.05, 0) is 72.9 Å². The van der Waals surface area contributed by atoms with Gasteiger partial charge in [-0.15, -0.1) is 0 Å². The van der Waals surface area contributed by atoms with E-state index in [0.29, 0.717) is 22.5 Å². The molecule has 7 nitrogen and oxygen atoms in total. The highest BCUT2D eigenvalue weighted by molar-refractivity contribution is 9.10. The lowest BCUT2D eigenvalue weighted by Gasteiger charge is -2.14. The Kier molecular flexibility index (Phi) is 9.61. The van der Waals surface area contributed by atoms with Crippen LogP contribution >= 0.6 is 28.1 Å². The van der Waals surface area contributed by atoms with Gasteiger partial charge in [0.15, 0.2) is 5.11 Å². The van der Waals surface area contributed by atoms with E-state index in [-0.39, 0.29) is 28.5 Å². The van der Waals surface area contributed by atoms with Gasteiger partial charge in [0.05, 0.1) is 17.7 Å². The second-order valence-corrected chi connectivity index (χ2v) is 8.82. The van der Waals surface area contributed by atoms with E-state index in [9.17, 15) is 22.8 Å². The highest BCUT2D eigenvalue weighted by atomic mass is 79.9. The lowest BCUT2D eigenvalue weighted by atomic mass is 10.1. The summed E-state index contributed by atoms with van der Waals surface area (Å²) in [7, 11) is 1.54. The molecule has 0 radical (unpaired) electrons. The molecule has 0 saturated heterocycles. The van der Waals surface area contributed by atoms with Crippen molar-refractivity contribution in [1.29, 1.82) is 0 Å². The third kappa shape index (κ3) is 8.27. The van der Waals surface area contributed by atoms with Crippen molar-refractivity contribution in [2.24, 2.45) is 0 Å². The molecular weight excluding hydrogens is 575 g/mol. The first-order valence-electron chi connectivity index (χ1n) is 10.7. The summed E-state index contributed by atoms with van der Waals surface area (Å²) in [5, 5.41) is 7.85. The van der Waals surface area contributed by atoms with Gasteiger partial charge in [-0.3, -0.25) is 14.9 Å². The second-order valence-electron chi connectivity index (χ2n) is 7.50. The van der Waals surface area contributed by atoms with Gasteiger partial charge in [-0.2, -0.15) is 13.2 Å². The lowest BCUT2D eigenvalue weighted by Crippen LogP contribution is -2.34. The summed E-state index contributed by atoms with van der Waals surface area (Å²) in [6.07, 6.45) is -4.52. The molecule has 0 heterocycles. The Morgan fingerprint density at radius 1 is 0.919 bits per heavy atom. The fraction of sp³-hybridized carbons (Fsp3) is 0.160. The Morgan fingerprint density at radius 3 is 2.32 bits per heavy atom. The number of ether oxygens (including phenoxy) is 2. The van der Waals surface area contributed by atoms with E-state index in [4.69, 9.17) is 21.7 Å². The number of carbonyl (C=O) groups excluding carboxylic acids is 2.